The molecule has 0 saturated heterocycles. The van der Waals surface area contributed by atoms with Gasteiger partial charge in [-0.1, -0.05) is 29.8 Å². The van der Waals surface area contributed by atoms with E-state index in [9.17, 15) is 9.50 Å². The quantitative estimate of drug-likeness (QED) is 0.141. The fourth-order valence-corrected chi connectivity index (χ4v) is 6.84. The monoisotopic (exact) mass is 618 g/mol. The minimum absolute atomic E-state index is 0.267. The smallest absolute Gasteiger partial charge is 0.196 e. The molecule has 7 nitrogen and oxygen atoms in total. The zero-order valence-electron chi connectivity index (χ0n) is 25.9. The van der Waals surface area contributed by atoms with Gasteiger partial charge in [0.15, 0.2) is 12.1 Å². The van der Waals surface area contributed by atoms with Crippen molar-refractivity contribution < 1.29 is 19.0 Å². The largest absolute Gasteiger partial charge is 0.493 e. The predicted molar refractivity (Wildman–Crippen MR) is 175 cm³/mol. The van der Waals surface area contributed by atoms with Gasteiger partial charge in [0.25, 0.3) is 0 Å². The van der Waals surface area contributed by atoms with Gasteiger partial charge in [0.2, 0.25) is 0 Å². The maximum Gasteiger partial charge on any atom is 0.196 e. The minimum Gasteiger partial charge on any atom is -0.493 e. The van der Waals surface area contributed by atoms with Crippen molar-refractivity contribution in [3.8, 4) is 16.9 Å². The van der Waals surface area contributed by atoms with E-state index in [0.717, 1.165) is 93.7 Å². The molecule has 6 rings (SSSR count). The third kappa shape index (κ3) is 5.55. The second-order valence-electron chi connectivity index (χ2n) is 11.6. The first-order valence-corrected chi connectivity index (χ1v) is 15.9. The average Bonchev–Trinajstić information content (AvgIpc) is 3.47. The van der Waals surface area contributed by atoms with Crippen molar-refractivity contribution in [1.29, 1.82) is 0 Å². The molecule has 2 aromatic heterocycles. The molecule has 0 aliphatic carbocycles. The number of nitrogens with zero attached hydrogens (tertiary/aromatic N) is 4. The molecule has 232 valence electrons. The number of fused-ring (bicyclic) bond motifs is 3. The Labute approximate surface area is 262 Å². The van der Waals surface area contributed by atoms with Gasteiger partial charge >= 0.3 is 0 Å². The Balaban J connectivity index is 1.44. The number of halogens is 2. The van der Waals surface area contributed by atoms with Gasteiger partial charge in [0.1, 0.15) is 11.6 Å². The normalized spacial score (nSPS) is 14.6. The van der Waals surface area contributed by atoms with Gasteiger partial charge in [-0.05, 0) is 87.2 Å². The van der Waals surface area contributed by atoms with E-state index in [1.807, 2.05) is 42.9 Å². The van der Waals surface area contributed by atoms with E-state index in [1.165, 1.54) is 12.1 Å². The van der Waals surface area contributed by atoms with Gasteiger partial charge in [-0.15, -0.1) is 0 Å². The zero-order chi connectivity index (χ0) is 31.0. The molecule has 5 aromatic rings. The highest BCUT2D eigenvalue weighted by atomic mass is 35.5. The highest BCUT2D eigenvalue weighted by molar-refractivity contribution is 6.35. The molecule has 3 heterocycles. The summed E-state index contributed by atoms with van der Waals surface area (Å²) in [6.45, 7) is 6.47. The lowest BCUT2D eigenvalue weighted by molar-refractivity contribution is -0.103. The van der Waals surface area contributed by atoms with E-state index in [-0.39, 0.29) is 5.82 Å². The van der Waals surface area contributed by atoms with Crippen LogP contribution in [0.1, 0.15) is 55.8 Å². The molecule has 1 N–H and O–H groups in total. The Bertz CT molecular complexity index is 1810. The minimum atomic E-state index is -1.08. The fraction of sp³-hybridized carbons (Fsp3) is 0.400. The third-order valence-electron chi connectivity index (χ3n) is 8.81. The summed E-state index contributed by atoms with van der Waals surface area (Å²) in [4.78, 5) is 2.23. The van der Waals surface area contributed by atoms with Crippen LogP contribution < -0.4 is 9.64 Å². The lowest BCUT2D eigenvalue weighted by atomic mass is 9.99. The number of hydrogen-bond donors (Lipinski definition) is 1. The van der Waals surface area contributed by atoms with Crippen LogP contribution >= 0.6 is 11.6 Å². The average molecular weight is 619 g/mol. The molecule has 1 unspecified atom stereocenters. The summed E-state index contributed by atoms with van der Waals surface area (Å²) in [5, 5.41) is 19.8. The molecule has 1 atom stereocenters. The van der Waals surface area contributed by atoms with Crippen molar-refractivity contribution in [1.82, 2.24) is 14.3 Å². The maximum atomic E-state index is 13.8. The molecule has 0 radical (unpaired) electrons. The van der Waals surface area contributed by atoms with Crippen LogP contribution in [0.25, 0.3) is 32.8 Å². The molecule has 0 bridgehead atoms. The number of benzene rings is 3. The number of ether oxygens (including phenoxy) is 2. The first-order chi connectivity index (χ1) is 21.3. The highest BCUT2D eigenvalue weighted by Crippen LogP contribution is 2.45. The molecule has 3 aromatic carbocycles. The summed E-state index contributed by atoms with van der Waals surface area (Å²) in [6, 6.07) is 14.5. The summed E-state index contributed by atoms with van der Waals surface area (Å²) in [6.07, 6.45) is 3.34. The van der Waals surface area contributed by atoms with E-state index in [4.69, 9.17) is 26.2 Å². The molecule has 0 fully saturated rings. The van der Waals surface area contributed by atoms with Crippen LogP contribution in [-0.4, -0.2) is 46.3 Å². The first kappa shape index (κ1) is 30.4. The van der Waals surface area contributed by atoms with E-state index in [2.05, 4.69) is 29.5 Å². The topological polar surface area (TPSA) is 64.7 Å². The number of hydrogen-bond acceptors (Lipinski definition) is 5. The Morgan fingerprint density at radius 2 is 1.82 bits per heavy atom. The van der Waals surface area contributed by atoms with Gasteiger partial charge in [0, 0.05) is 55.8 Å². The van der Waals surface area contributed by atoms with Crippen LogP contribution in [0.4, 0.5) is 10.2 Å². The number of aromatic nitrogens is 3. The molecule has 1 aliphatic heterocycles. The number of aryl methyl sites for hydroxylation is 3. The van der Waals surface area contributed by atoms with Crippen LogP contribution in [0.3, 0.4) is 0 Å². The van der Waals surface area contributed by atoms with Gasteiger partial charge in [-0.3, -0.25) is 4.68 Å². The van der Waals surface area contributed by atoms with E-state index in [0.29, 0.717) is 31.1 Å². The van der Waals surface area contributed by atoms with Crippen LogP contribution in [0.5, 0.6) is 5.75 Å². The number of anilines is 1. The van der Waals surface area contributed by atoms with E-state index in [1.54, 1.807) is 6.07 Å². The van der Waals surface area contributed by atoms with Gasteiger partial charge in [-0.2, -0.15) is 5.10 Å². The number of rotatable bonds is 8. The van der Waals surface area contributed by atoms with Gasteiger partial charge < -0.3 is 24.0 Å². The highest BCUT2D eigenvalue weighted by Gasteiger charge is 2.30. The second-order valence-corrected chi connectivity index (χ2v) is 12.0. The first-order valence-electron chi connectivity index (χ1n) is 15.5. The number of aliphatic hydroxyl groups excluding tert-OH is 1. The van der Waals surface area contributed by atoms with Crippen molar-refractivity contribution in [3.63, 3.8) is 0 Å². The lowest BCUT2D eigenvalue weighted by Crippen LogP contribution is -2.19. The van der Waals surface area contributed by atoms with Crippen molar-refractivity contribution >= 4 is 39.1 Å². The summed E-state index contributed by atoms with van der Waals surface area (Å²) in [5.41, 5.74) is 5.81. The summed E-state index contributed by atoms with van der Waals surface area (Å²) in [7, 11) is 4.07. The van der Waals surface area contributed by atoms with Crippen molar-refractivity contribution in [2.24, 2.45) is 7.05 Å². The Morgan fingerprint density at radius 1 is 1.02 bits per heavy atom. The maximum absolute atomic E-state index is 13.8. The fourth-order valence-electron chi connectivity index (χ4n) is 6.60. The molecule has 44 heavy (non-hydrogen) atoms. The molecular formula is C35H40ClFN4O3. The predicted octanol–water partition coefficient (Wildman–Crippen LogP) is 7.96. The van der Waals surface area contributed by atoms with Crippen LogP contribution in [0, 0.1) is 12.7 Å². The van der Waals surface area contributed by atoms with Crippen molar-refractivity contribution in [3.05, 3.63) is 76.3 Å². The standard InChI is InChI=1S/C35H40ClFN4O3/c1-5-43-35(42)33-26(12-10-20-44-29-13-9-11-23-21-24(37)14-15-25(23)29)27-16-17-28(36)31-30-22(2)40(4)38-34(30)39(3)18-7-6-8-19-41(33)32(27)31/h9,11,13-17,21,35,42H,5-8,10,12,18-20H2,1-4H3. The Morgan fingerprint density at radius 3 is 2.64 bits per heavy atom. The lowest BCUT2D eigenvalue weighted by Gasteiger charge is -2.19. The Kier molecular flexibility index (Phi) is 8.85. The zero-order valence-corrected chi connectivity index (χ0v) is 26.6. The number of aliphatic hydroxyl groups is 1. The molecule has 0 saturated carbocycles. The van der Waals surface area contributed by atoms with Crippen molar-refractivity contribution in [2.45, 2.75) is 58.8 Å². The summed E-state index contributed by atoms with van der Waals surface area (Å²) >= 11 is 7.07. The van der Waals surface area contributed by atoms with Gasteiger partial charge in [-0.25, -0.2) is 4.39 Å². The molecule has 0 amide bonds. The molecular weight excluding hydrogens is 579 g/mol. The third-order valence-corrected chi connectivity index (χ3v) is 9.13. The van der Waals surface area contributed by atoms with E-state index < -0.39 is 6.29 Å². The SMILES string of the molecule is CCOC(O)c1c(CCCOc2cccc3cc(F)ccc23)c2ccc(Cl)c3c2n1CCCCCN(C)c1nn(C)c(C)c1-3. The van der Waals surface area contributed by atoms with Crippen LogP contribution in [-0.2, 0) is 24.8 Å². The molecule has 1 aliphatic rings. The summed E-state index contributed by atoms with van der Waals surface area (Å²) < 4.78 is 30.0. The Hall–Kier alpha value is -3.59. The van der Waals surface area contributed by atoms with Gasteiger partial charge in [0.05, 0.1) is 28.4 Å². The van der Waals surface area contributed by atoms with Crippen LogP contribution in [0.15, 0.2) is 48.5 Å². The molecule has 9 heteroatoms. The van der Waals surface area contributed by atoms with Crippen molar-refractivity contribution in [2.75, 3.05) is 31.7 Å². The summed E-state index contributed by atoms with van der Waals surface area (Å²) in [5.74, 6) is 1.37. The van der Waals surface area contributed by atoms with E-state index >= 15 is 0 Å². The molecule has 0 spiro atoms. The second kappa shape index (κ2) is 12.8. The van der Waals surface area contributed by atoms with Crippen LogP contribution in [0.2, 0.25) is 5.02 Å².